The summed E-state index contributed by atoms with van der Waals surface area (Å²) in [6, 6.07) is 24.6. The zero-order valence-corrected chi connectivity index (χ0v) is 13.1. The first-order valence-corrected chi connectivity index (χ1v) is 7.98. The summed E-state index contributed by atoms with van der Waals surface area (Å²) in [7, 11) is 0. The van der Waals surface area contributed by atoms with E-state index >= 15 is 0 Å². The minimum Gasteiger partial charge on any atom is -0.0622 e. The van der Waals surface area contributed by atoms with E-state index in [1.54, 1.807) is 0 Å². The Morgan fingerprint density at radius 3 is 1.77 bits per heavy atom. The number of hydrogen-bond acceptors (Lipinski definition) is 0. The summed E-state index contributed by atoms with van der Waals surface area (Å²) in [5, 5.41) is 0. The minimum atomic E-state index is 0.479. The van der Waals surface area contributed by atoms with E-state index in [4.69, 9.17) is 0 Å². The van der Waals surface area contributed by atoms with Gasteiger partial charge in [0.1, 0.15) is 0 Å². The molecule has 0 spiro atoms. The molecule has 3 aromatic rings. The van der Waals surface area contributed by atoms with Gasteiger partial charge in [-0.2, -0.15) is 0 Å². The zero-order valence-electron chi connectivity index (χ0n) is 13.1. The lowest BCUT2D eigenvalue weighted by Crippen LogP contribution is -2.02. The van der Waals surface area contributed by atoms with Crippen LogP contribution >= 0.6 is 0 Å². The summed E-state index contributed by atoms with van der Waals surface area (Å²) in [6.45, 7) is 4.38. The smallest absolute Gasteiger partial charge is 0.0142 e. The van der Waals surface area contributed by atoms with E-state index < -0.39 is 0 Å². The molecule has 0 nitrogen and oxygen atoms in total. The number of benzene rings is 3. The normalized spacial score (nSPS) is 13.0. The molecule has 108 valence electrons. The molecular formula is C22H20. The molecule has 0 N–H and O–H groups in total. The second kappa shape index (κ2) is 5.14. The van der Waals surface area contributed by atoms with Gasteiger partial charge >= 0.3 is 0 Å². The predicted octanol–water partition coefficient (Wildman–Crippen LogP) is 5.66. The van der Waals surface area contributed by atoms with E-state index in [2.05, 4.69) is 80.6 Å². The van der Waals surface area contributed by atoms with E-state index in [1.165, 1.54) is 38.9 Å². The van der Waals surface area contributed by atoms with Crippen LogP contribution in [0.3, 0.4) is 0 Å². The highest BCUT2D eigenvalue weighted by Crippen LogP contribution is 2.46. The highest BCUT2D eigenvalue weighted by atomic mass is 14.3. The molecule has 0 bridgehead atoms. The molecule has 0 unspecified atom stereocenters. The molecule has 1 aliphatic rings. The molecule has 4 rings (SSSR count). The lowest BCUT2D eigenvalue weighted by molar-refractivity contribution is 0.825. The van der Waals surface area contributed by atoms with E-state index in [0.717, 1.165) is 6.42 Å². The van der Waals surface area contributed by atoms with Crippen molar-refractivity contribution >= 4 is 0 Å². The Morgan fingerprint density at radius 1 is 0.682 bits per heavy atom. The number of hydrogen-bond donors (Lipinski definition) is 0. The average Bonchev–Trinajstić information content (AvgIpc) is 2.81. The van der Waals surface area contributed by atoms with Crippen molar-refractivity contribution in [1.29, 1.82) is 0 Å². The maximum atomic E-state index is 2.37. The van der Waals surface area contributed by atoms with E-state index in [0.29, 0.717) is 5.92 Å². The number of aryl methyl sites for hydroxylation is 2. The first-order valence-electron chi connectivity index (χ1n) is 7.98. The molecule has 3 aromatic carbocycles. The van der Waals surface area contributed by atoms with Gasteiger partial charge in [0.2, 0.25) is 0 Å². The third-order valence-corrected chi connectivity index (χ3v) is 4.74. The SMILES string of the molecule is Cc1ccc2c(c1)C(Cc1ccccc1)c1cc(C)ccc1-2. The van der Waals surface area contributed by atoms with Gasteiger partial charge < -0.3 is 0 Å². The van der Waals surface area contributed by atoms with Crippen molar-refractivity contribution in [1.82, 2.24) is 0 Å². The van der Waals surface area contributed by atoms with Gasteiger partial charge in [0.25, 0.3) is 0 Å². The molecule has 1 aliphatic carbocycles. The van der Waals surface area contributed by atoms with E-state index in [1.807, 2.05) is 0 Å². The van der Waals surface area contributed by atoms with Crippen LogP contribution in [0.4, 0.5) is 0 Å². The van der Waals surface area contributed by atoms with Crippen molar-refractivity contribution in [3.63, 3.8) is 0 Å². The molecule has 0 heterocycles. The molecular weight excluding hydrogens is 264 g/mol. The number of fused-ring (bicyclic) bond motifs is 3. The van der Waals surface area contributed by atoms with Crippen molar-refractivity contribution in [2.75, 3.05) is 0 Å². The van der Waals surface area contributed by atoms with Crippen molar-refractivity contribution in [2.45, 2.75) is 26.2 Å². The van der Waals surface area contributed by atoms with Gasteiger partial charge in [0.15, 0.2) is 0 Å². The van der Waals surface area contributed by atoms with Crippen LogP contribution in [0.15, 0.2) is 66.7 Å². The van der Waals surface area contributed by atoms with Gasteiger partial charge in [-0.05, 0) is 48.1 Å². The van der Waals surface area contributed by atoms with Crippen LogP contribution in [-0.2, 0) is 6.42 Å². The molecule has 0 aliphatic heterocycles. The van der Waals surface area contributed by atoms with Crippen molar-refractivity contribution in [2.24, 2.45) is 0 Å². The summed E-state index contributed by atoms with van der Waals surface area (Å²) in [5.74, 6) is 0.479. The van der Waals surface area contributed by atoms with Crippen LogP contribution in [0.1, 0.15) is 33.7 Å². The second-order valence-corrected chi connectivity index (χ2v) is 6.42. The topological polar surface area (TPSA) is 0 Å². The molecule has 0 radical (unpaired) electrons. The Morgan fingerprint density at radius 2 is 1.23 bits per heavy atom. The maximum Gasteiger partial charge on any atom is 0.0142 e. The summed E-state index contributed by atoms with van der Waals surface area (Å²) < 4.78 is 0. The predicted molar refractivity (Wildman–Crippen MR) is 93.3 cm³/mol. The lowest BCUT2D eigenvalue weighted by Gasteiger charge is -2.14. The third kappa shape index (κ3) is 2.16. The summed E-state index contributed by atoms with van der Waals surface area (Å²) >= 11 is 0. The quantitative estimate of drug-likeness (QED) is 0.569. The second-order valence-electron chi connectivity index (χ2n) is 6.42. The largest absolute Gasteiger partial charge is 0.0622 e. The lowest BCUT2D eigenvalue weighted by atomic mass is 9.89. The van der Waals surface area contributed by atoms with Crippen LogP contribution in [0.5, 0.6) is 0 Å². The molecule has 0 fully saturated rings. The van der Waals surface area contributed by atoms with Gasteiger partial charge in [-0.25, -0.2) is 0 Å². The van der Waals surface area contributed by atoms with Gasteiger partial charge in [0, 0.05) is 5.92 Å². The maximum absolute atomic E-state index is 2.37. The van der Waals surface area contributed by atoms with Crippen LogP contribution in [-0.4, -0.2) is 0 Å². The standard InChI is InChI=1S/C22H20/c1-15-8-10-18-19-11-9-16(2)13-21(19)22(20(18)12-15)14-17-6-4-3-5-7-17/h3-13,22H,14H2,1-2H3. The fourth-order valence-electron chi connectivity index (χ4n) is 3.67. The minimum absolute atomic E-state index is 0.479. The molecule has 0 atom stereocenters. The Hall–Kier alpha value is -2.34. The fraction of sp³-hybridized carbons (Fsp3) is 0.182. The molecule has 0 aromatic heterocycles. The Bertz CT molecular complexity index is 776. The first kappa shape index (κ1) is 13.3. The Labute approximate surface area is 132 Å². The Balaban J connectivity index is 1.87. The number of rotatable bonds is 2. The van der Waals surface area contributed by atoms with Gasteiger partial charge in [-0.3, -0.25) is 0 Å². The van der Waals surface area contributed by atoms with Gasteiger partial charge in [0.05, 0.1) is 0 Å². The highest BCUT2D eigenvalue weighted by Gasteiger charge is 2.28. The molecule has 0 amide bonds. The van der Waals surface area contributed by atoms with Crippen molar-refractivity contribution in [3.8, 4) is 11.1 Å². The molecule has 0 heteroatoms. The third-order valence-electron chi connectivity index (χ3n) is 4.74. The van der Waals surface area contributed by atoms with Crippen LogP contribution < -0.4 is 0 Å². The summed E-state index contributed by atoms with van der Waals surface area (Å²) in [5.41, 5.74) is 9.92. The molecule has 0 saturated heterocycles. The summed E-state index contributed by atoms with van der Waals surface area (Å²) in [4.78, 5) is 0. The molecule has 0 saturated carbocycles. The first-order chi connectivity index (χ1) is 10.7. The molecule has 22 heavy (non-hydrogen) atoms. The van der Waals surface area contributed by atoms with Crippen LogP contribution in [0.2, 0.25) is 0 Å². The van der Waals surface area contributed by atoms with Crippen LogP contribution in [0.25, 0.3) is 11.1 Å². The van der Waals surface area contributed by atoms with Crippen molar-refractivity contribution < 1.29 is 0 Å². The average molecular weight is 284 g/mol. The summed E-state index contributed by atoms with van der Waals surface area (Å²) in [6.07, 6.45) is 1.08. The van der Waals surface area contributed by atoms with Crippen LogP contribution in [0, 0.1) is 13.8 Å². The van der Waals surface area contributed by atoms with Crippen molar-refractivity contribution in [3.05, 3.63) is 94.5 Å². The van der Waals surface area contributed by atoms with Gasteiger partial charge in [-0.1, -0.05) is 77.9 Å². The van der Waals surface area contributed by atoms with E-state index in [9.17, 15) is 0 Å². The van der Waals surface area contributed by atoms with Gasteiger partial charge in [-0.15, -0.1) is 0 Å². The fourth-order valence-corrected chi connectivity index (χ4v) is 3.67. The highest BCUT2D eigenvalue weighted by molar-refractivity contribution is 5.79. The monoisotopic (exact) mass is 284 g/mol. The zero-order chi connectivity index (χ0) is 15.1. The Kier molecular flexibility index (Phi) is 3.11. The van der Waals surface area contributed by atoms with E-state index in [-0.39, 0.29) is 0 Å².